The van der Waals surface area contributed by atoms with Crippen molar-refractivity contribution in [2.24, 2.45) is 0 Å². The summed E-state index contributed by atoms with van der Waals surface area (Å²) in [6, 6.07) is 3.92. The highest BCUT2D eigenvalue weighted by molar-refractivity contribution is 6.31. The summed E-state index contributed by atoms with van der Waals surface area (Å²) >= 11 is 6.21. The molecule has 4 aromatic rings. The second-order valence-corrected chi connectivity index (χ2v) is 9.46. The molecule has 0 saturated heterocycles. The molecular weight excluding hydrogens is 497 g/mol. The number of benzene rings is 1. The molecular formula is C25H24ClF3N4O3. The summed E-state index contributed by atoms with van der Waals surface area (Å²) in [5, 5.41) is 24.8. The summed E-state index contributed by atoms with van der Waals surface area (Å²) in [7, 11) is 0. The number of hydrogen-bond donors (Lipinski definition) is 3. The summed E-state index contributed by atoms with van der Waals surface area (Å²) in [5.41, 5.74) is 3.81. The Morgan fingerprint density at radius 2 is 1.92 bits per heavy atom. The van der Waals surface area contributed by atoms with Crippen LogP contribution in [0.1, 0.15) is 48.5 Å². The zero-order chi connectivity index (χ0) is 25.7. The van der Waals surface area contributed by atoms with Gasteiger partial charge >= 0.3 is 6.61 Å². The van der Waals surface area contributed by atoms with Crippen LogP contribution in [-0.4, -0.2) is 48.8 Å². The Labute approximate surface area is 209 Å². The Kier molecular flexibility index (Phi) is 6.44. The van der Waals surface area contributed by atoms with Crippen molar-refractivity contribution in [2.45, 2.75) is 57.5 Å². The maximum atomic E-state index is 14.3. The summed E-state index contributed by atoms with van der Waals surface area (Å²) in [6.07, 6.45) is 4.37. The fourth-order valence-corrected chi connectivity index (χ4v) is 5.40. The first-order valence-corrected chi connectivity index (χ1v) is 11.8. The second-order valence-electron chi connectivity index (χ2n) is 9.09. The quantitative estimate of drug-likeness (QED) is 0.319. The van der Waals surface area contributed by atoms with E-state index in [2.05, 4.69) is 19.8 Å². The molecule has 0 radical (unpaired) electrons. The van der Waals surface area contributed by atoms with Crippen molar-refractivity contribution < 1.29 is 28.1 Å². The summed E-state index contributed by atoms with van der Waals surface area (Å²) in [6.45, 7) is 0.550. The Morgan fingerprint density at radius 3 is 2.61 bits per heavy atom. The molecule has 0 amide bonds. The number of hydrogen-bond acceptors (Lipinski definition) is 5. The molecule has 0 unspecified atom stereocenters. The van der Waals surface area contributed by atoms with Crippen LogP contribution < -0.4 is 4.74 Å². The number of alkyl halides is 2. The van der Waals surface area contributed by atoms with Gasteiger partial charge < -0.3 is 19.9 Å². The van der Waals surface area contributed by atoms with Crippen molar-refractivity contribution in [3.8, 4) is 16.9 Å². The molecule has 190 valence electrons. The van der Waals surface area contributed by atoms with Crippen LogP contribution in [0.3, 0.4) is 0 Å². The van der Waals surface area contributed by atoms with E-state index in [1.54, 1.807) is 30.2 Å². The van der Waals surface area contributed by atoms with Crippen molar-refractivity contribution in [1.29, 1.82) is 0 Å². The van der Waals surface area contributed by atoms with Gasteiger partial charge in [0.1, 0.15) is 17.2 Å². The number of aromatic amines is 1. The van der Waals surface area contributed by atoms with Crippen LogP contribution in [0.25, 0.3) is 22.2 Å². The number of nitrogens with zero attached hydrogens (tertiary/aromatic N) is 3. The van der Waals surface area contributed by atoms with E-state index in [1.165, 1.54) is 0 Å². The zero-order valence-electron chi connectivity index (χ0n) is 19.4. The Hall–Kier alpha value is -3.08. The minimum absolute atomic E-state index is 0.116. The fraction of sp³-hybridized carbons (Fsp3) is 0.360. The van der Waals surface area contributed by atoms with Crippen LogP contribution in [0.15, 0.2) is 36.8 Å². The number of H-pyrrole nitrogens is 1. The Morgan fingerprint density at radius 1 is 1.19 bits per heavy atom. The van der Waals surface area contributed by atoms with E-state index in [4.69, 9.17) is 11.6 Å². The lowest BCUT2D eigenvalue weighted by atomic mass is 9.91. The number of aliphatic hydroxyl groups is 2. The highest BCUT2D eigenvalue weighted by Gasteiger charge is 2.34. The molecule has 1 aliphatic carbocycles. The summed E-state index contributed by atoms with van der Waals surface area (Å²) < 4.78 is 46.8. The molecule has 1 fully saturated rings. The van der Waals surface area contributed by atoms with Crippen LogP contribution in [-0.2, 0) is 0 Å². The normalized spacial score (nSPS) is 21.0. The van der Waals surface area contributed by atoms with Gasteiger partial charge in [-0.3, -0.25) is 4.68 Å². The van der Waals surface area contributed by atoms with Crippen molar-refractivity contribution in [3.05, 3.63) is 64.5 Å². The van der Waals surface area contributed by atoms with Gasteiger partial charge in [-0.05, 0) is 43.5 Å². The molecule has 11 heteroatoms. The van der Waals surface area contributed by atoms with Crippen molar-refractivity contribution in [3.63, 3.8) is 0 Å². The minimum Gasteiger partial charge on any atom is -0.434 e. The van der Waals surface area contributed by atoms with Crippen LogP contribution in [0.4, 0.5) is 13.2 Å². The van der Waals surface area contributed by atoms with Crippen LogP contribution in [0.5, 0.6) is 5.75 Å². The maximum absolute atomic E-state index is 14.3. The Bertz CT molecular complexity index is 1410. The van der Waals surface area contributed by atoms with Gasteiger partial charge in [0.25, 0.3) is 0 Å². The standard InChI is InChI=1S/C25H24ClF3N4O3/c1-11(22-21(36-25(28)29)4-3-18(27)23(22)26)16-9-31-24-15(16)5-13(8-30-24)17-10-32-33(12(17)2)14-6-19(34)20(35)7-14/h3-5,8-11,14,19-20,25,34-35H,6-7H2,1-2H3,(H,30,31)/t11-,14-,19-,20+/m0/s1. The molecule has 1 aromatic carbocycles. The first-order valence-electron chi connectivity index (χ1n) is 11.5. The number of rotatable bonds is 6. The summed E-state index contributed by atoms with van der Waals surface area (Å²) in [5.74, 6) is -1.53. The lowest BCUT2D eigenvalue weighted by Crippen LogP contribution is -2.17. The van der Waals surface area contributed by atoms with E-state index >= 15 is 0 Å². The van der Waals surface area contributed by atoms with Crippen LogP contribution in [0.2, 0.25) is 5.02 Å². The van der Waals surface area contributed by atoms with Gasteiger partial charge in [-0.1, -0.05) is 18.5 Å². The highest BCUT2D eigenvalue weighted by atomic mass is 35.5. The number of halogens is 4. The molecule has 1 aliphatic rings. The molecule has 7 nitrogen and oxygen atoms in total. The molecule has 3 heterocycles. The van der Waals surface area contributed by atoms with Gasteiger partial charge in [-0.25, -0.2) is 9.37 Å². The number of pyridine rings is 1. The van der Waals surface area contributed by atoms with E-state index in [0.29, 0.717) is 29.4 Å². The zero-order valence-corrected chi connectivity index (χ0v) is 20.2. The van der Waals surface area contributed by atoms with E-state index in [-0.39, 0.29) is 22.4 Å². The number of ether oxygens (including phenoxy) is 1. The Balaban J connectivity index is 1.54. The first kappa shape index (κ1) is 24.6. The van der Waals surface area contributed by atoms with Gasteiger partial charge in [0, 0.05) is 46.1 Å². The van der Waals surface area contributed by atoms with E-state index in [9.17, 15) is 23.4 Å². The lowest BCUT2D eigenvalue weighted by Gasteiger charge is -2.18. The lowest BCUT2D eigenvalue weighted by molar-refractivity contribution is -0.0505. The van der Waals surface area contributed by atoms with Gasteiger partial charge in [0.05, 0.1) is 29.5 Å². The first-order chi connectivity index (χ1) is 17.2. The number of aromatic nitrogens is 4. The topological polar surface area (TPSA) is 96.2 Å². The van der Waals surface area contributed by atoms with Crippen molar-refractivity contribution in [2.75, 3.05) is 0 Å². The van der Waals surface area contributed by atoms with Gasteiger partial charge in [0.15, 0.2) is 0 Å². The maximum Gasteiger partial charge on any atom is 0.387 e. The largest absolute Gasteiger partial charge is 0.434 e. The van der Waals surface area contributed by atoms with E-state index in [0.717, 1.165) is 29.0 Å². The summed E-state index contributed by atoms with van der Waals surface area (Å²) in [4.78, 5) is 7.58. The third-order valence-electron chi connectivity index (χ3n) is 6.94. The predicted octanol–water partition coefficient (Wildman–Crippen LogP) is 5.34. The van der Waals surface area contributed by atoms with Crippen molar-refractivity contribution >= 4 is 22.6 Å². The molecule has 1 saturated carbocycles. The molecule has 5 rings (SSSR count). The van der Waals surface area contributed by atoms with Gasteiger partial charge in [0.2, 0.25) is 0 Å². The predicted molar refractivity (Wildman–Crippen MR) is 128 cm³/mol. The fourth-order valence-electron chi connectivity index (χ4n) is 5.08. The number of nitrogens with one attached hydrogen (secondary N) is 1. The number of fused-ring (bicyclic) bond motifs is 1. The van der Waals surface area contributed by atoms with E-state index < -0.39 is 30.6 Å². The smallest absolute Gasteiger partial charge is 0.387 e. The molecule has 0 bridgehead atoms. The van der Waals surface area contributed by atoms with Crippen LogP contribution >= 0.6 is 11.6 Å². The second kappa shape index (κ2) is 9.42. The molecule has 3 aromatic heterocycles. The monoisotopic (exact) mass is 520 g/mol. The highest BCUT2D eigenvalue weighted by Crippen LogP contribution is 2.42. The van der Waals surface area contributed by atoms with Crippen LogP contribution in [0, 0.1) is 12.7 Å². The average molecular weight is 521 g/mol. The SMILES string of the molecule is Cc1c(-c2cnc3[nH]cc([C@H](C)c4c(OC(F)F)ccc(F)c4Cl)c3c2)cnn1[C@@H]1C[C@@H](O)[C@@H](O)C1. The molecule has 0 aliphatic heterocycles. The molecule has 4 atom stereocenters. The van der Waals surface area contributed by atoms with Gasteiger partial charge in [-0.2, -0.15) is 13.9 Å². The average Bonchev–Trinajstić information content (AvgIpc) is 3.52. The van der Waals surface area contributed by atoms with Gasteiger partial charge in [-0.15, -0.1) is 0 Å². The molecule has 36 heavy (non-hydrogen) atoms. The van der Waals surface area contributed by atoms with E-state index in [1.807, 2.05) is 13.0 Å². The third kappa shape index (κ3) is 4.23. The minimum atomic E-state index is -3.09. The molecule has 3 N–H and O–H groups in total. The molecule has 0 spiro atoms. The third-order valence-corrected chi connectivity index (χ3v) is 7.33. The van der Waals surface area contributed by atoms with Crippen molar-refractivity contribution in [1.82, 2.24) is 19.7 Å². The number of aliphatic hydroxyl groups excluding tert-OH is 2.